The molecule has 0 amide bonds. The lowest BCUT2D eigenvalue weighted by atomic mass is 9.99. The van der Waals surface area contributed by atoms with Gasteiger partial charge in [-0.3, -0.25) is 0 Å². The summed E-state index contributed by atoms with van der Waals surface area (Å²) < 4.78 is 11.6. The van der Waals surface area contributed by atoms with Crippen molar-refractivity contribution in [1.82, 2.24) is 5.32 Å². The van der Waals surface area contributed by atoms with E-state index in [9.17, 15) is 0 Å². The van der Waals surface area contributed by atoms with Gasteiger partial charge in [0.05, 0.1) is 13.7 Å². The molecule has 2 aromatic carbocycles. The third kappa shape index (κ3) is 8.91. The van der Waals surface area contributed by atoms with Crippen LogP contribution >= 0.6 is 0 Å². The quantitative estimate of drug-likeness (QED) is 0.363. The van der Waals surface area contributed by atoms with Gasteiger partial charge >= 0.3 is 0 Å². The van der Waals surface area contributed by atoms with Gasteiger partial charge in [-0.05, 0) is 49.1 Å². The van der Waals surface area contributed by atoms with Crippen LogP contribution in [0.25, 0.3) is 0 Å². The van der Waals surface area contributed by atoms with Crippen LogP contribution in [0.5, 0.6) is 11.5 Å². The standard InChI is InChI=1S/C26H39NO2/c1-4-6-7-11-14-24(27-18-5-2)20-23-15-16-25(28-3)26(21-23)29-19-17-22-12-9-8-10-13-22/h8-10,12-13,15-16,21,24,27H,4-7,11,14,17-20H2,1-3H3/t24-/m1/s1. The molecule has 2 aromatic rings. The van der Waals surface area contributed by atoms with E-state index in [1.807, 2.05) is 12.1 Å². The minimum absolute atomic E-state index is 0.525. The van der Waals surface area contributed by atoms with Crippen LogP contribution in [0, 0.1) is 0 Å². The van der Waals surface area contributed by atoms with Crippen LogP contribution < -0.4 is 14.8 Å². The number of ether oxygens (including phenoxy) is 2. The van der Waals surface area contributed by atoms with Crippen molar-refractivity contribution in [2.24, 2.45) is 0 Å². The zero-order valence-electron chi connectivity index (χ0n) is 18.6. The largest absolute Gasteiger partial charge is 0.493 e. The highest BCUT2D eigenvalue weighted by atomic mass is 16.5. The molecule has 3 heteroatoms. The van der Waals surface area contributed by atoms with Crippen molar-refractivity contribution in [3.63, 3.8) is 0 Å². The fourth-order valence-corrected chi connectivity index (χ4v) is 3.61. The molecule has 0 radical (unpaired) electrons. The summed E-state index contributed by atoms with van der Waals surface area (Å²) in [6.07, 6.45) is 9.58. The van der Waals surface area contributed by atoms with Gasteiger partial charge < -0.3 is 14.8 Å². The average Bonchev–Trinajstić information content (AvgIpc) is 2.76. The van der Waals surface area contributed by atoms with Crippen LogP contribution in [0.4, 0.5) is 0 Å². The van der Waals surface area contributed by atoms with Crippen LogP contribution in [0.3, 0.4) is 0 Å². The number of benzene rings is 2. The van der Waals surface area contributed by atoms with Gasteiger partial charge in [0.15, 0.2) is 11.5 Å². The van der Waals surface area contributed by atoms with Crippen molar-refractivity contribution in [3.05, 3.63) is 59.7 Å². The maximum atomic E-state index is 6.10. The first-order chi connectivity index (χ1) is 14.3. The highest BCUT2D eigenvalue weighted by molar-refractivity contribution is 5.43. The van der Waals surface area contributed by atoms with E-state index in [-0.39, 0.29) is 0 Å². The van der Waals surface area contributed by atoms with Gasteiger partial charge in [-0.25, -0.2) is 0 Å². The van der Waals surface area contributed by atoms with E-state index in [1.54, 1.807) is 7.11 Å². The summed E-state index contributed by atoms with van der Waals surface area (Å²) in [5.41, 5.74) is 2.60. The van der Waals surface area contributed by atoms with Crippen LogP contribution in [-0.4, -0.2) is 26.3 Å². The van der Waals surface area contributed by atoms with Gasteiger partial charge in [0.25, 0.3) is 0 Å². The summed E-state index contributed by atoms with van der Waals surface area (Å²) >= 11 is 0. The minimum Gasteiger partial charge on any atom is -0.493 e. The Morgan fingerprint density at radius 2 is 1.69 bits per heavy atom. The Balaban J connectivity index is 1.96. The van der Waals surface area contributed by atoms with Gasteiger partial charge in [-0.2, -0.15) is 0 Å². The van der Waals surface area contributed by atoms with E-state index in [0.29, 0.717) is 12.6 Å². The lowest BCUT2D eigenvalue weighted by Gasteiger charge is -2.20. The van der Waals surface area contributed by atoms with E-state index in [1.165, 1.54) is 49.7 Å². The summed E-state index contributed by atoms with van der Waals surface area (Å²) in [5.74, 6) is 1.66. The van der Waals surface area contributed by atoms with Gasteiger partial charge in [-0.1, -0.05) is 75.9 Å². The minimum atomic E-state index is 0.525. The predicted molar refractivity (Wildman–Crippen MR) is 123 cm³/mol. The average molecular weight is 398 g/mol. The molecule has 0 unspecified atom stereocenters. The topological polar surface area (TPSA) is 30.5 Å². The predicted octanol–water partition coefficient (Wildman–Crippen LogP) is 6.20. The zero-order valence-corrected chi connectivity index (χ0v) is 18.6. The first-order valence-corrected chi connectivity index (χ1v) is 11.3. The Kier molecular flexibility index (Phi) is 11.3. The van der Waals surface area contributed by atoms with Crippen molar-refractivity contribution in [2.75, 3.05) is 20.3 Å². The molecule has 0 aromatic heterocycles. The summed E-state index contributed by atoms with van der Waals surface area (Å²) in [7, 11) is 1.71. The number of hydrogen-bond donors (Lipinski definition) is 1. The molecule has 0 heterocycles. The molecule has 0 saturated heterocycles. The first kappa shape index (κ1) is 23.3. The smallest absolute Gasteiger partial charge is 0.161 e. The molecule has 0 bridgehead atoms. The maximum Gasteiger partial charge on any atom is 0.161 e. The molecular formula is C26H39NO2. The SMILES string of the molecule is CCCCCC[C@H](Cc1ccc(OC)c(OCCc2ccccc2)c1)NCCC. The first-order valence-electron chi connectivity index (χ1n) is 11.3. The second-order valence-electron chi connectivity index (χ2n) is 7.77. The summed E-state index contributed by atoms with van der Waals surface area (Å²) in [4.78, 5) is 0. The van der Waals surface area contributed by atoms with Crippen LogP contribution in [0.15, 0.2) is 48.5 Å². The molecule has 0 saturated carbocycles. The van der Waals surface area contributed by atoms with Gasteiger partial charge in [-0.15, -0.1) is 0 Å². The Bertz CT molecular complexity index is 672. The Morgan fingerprint density at radius 1 is 0.862 bits per heavy atom. The second kappa shape index (κ2) is 14.1. The van der Waals surface area contributed by atoms with Crippen LogP contribution in [0.1, 0.15) is 63.5 Å². The van der Waals surface area contributed by atoms with Gasteiger partial charge in [0, 0.05) is 12.5 Å². The fourth-order valence-electron chi connectivity index (χ4n) is 3.61. The normalized spacial score (nSPS) is 12.0. The number of rotatable bonds is 15. The van der Waals surface area contributed by atoms with Gasteiger partial charge in [0.2, 0.25) is 0 Å². The summed E-state index contributed by atoms with van der Waals surface area (Å²) in [5, 5.41) is 3.74. The van der Waals surface area contributed by atoms with Crippen molar-refractivity contribution < 1.29 is 9.47 Å². The van der Waals surface area contributed by atoms with Crippen molar-refractivity contribution in [1.29, 1.82) is 0 Å². The van der Waals surface area contributed by atoms with Gasteiger partial charge in [0.1, 0.15) is 0 Å². The number of nitrogens with one attached hydrogen (secondary N) is 1. The van der Waals surface area contributed by atoms with Crippen molar-refractivity contribution >= 4 is 0 Å². The molecule has 29 heavy (non-hydrogen) atoms. The number of unbranched alkanes of at least 4 members (excludes halogenated alkanes) is 3. The molecule has 1 atom stereocenters. The van der Waals surface area contributed by atoms with Crippen LogP contribution in [-0.2, 0) is 12.8 Å². The highest BCUT2D eigenvalue weighted by Gasteiger charge is 2.12. The van der Waals surface area contributed by atoms with Crippen molar-refractivity contribution in [2.45, 2.75) is 71.3 Å². The molecule has 3 nitrogen and oxygen atoms in total. The molecular weight excluding hydrogens is 358 g/mol. The van der Waals surface area contributed by atoms with E-state index >= 15 is 0 Å². The Morgan fingerprint density at radius 3 is 2.41 bits per heavy atom. The lowest BCUT2D eigenvalue weighted by molar-refractivity contribution is 0.297. The van der Waals surface area contributed by atoms with Crippen molar-refractivity contribution in [3.8, 4) is 11.5 Å². The van der Waals surface area contributed by atoms with E-state index in [4.69, 9.17) is 9.47 Å². The maximum absolute atomic E-state index is 6.10. The molecule has 0 aliphatic carbocycles. The second-order valence-corrected chi connectivity index (χ2v) is 7.77. The number of hydrogen-bond acceptors (Lipinski definition) is 3. The van der Waals surface area contributed by atoms with E-state index in [2.05, 4.69) is 55.6 Å². The Labute approximate surface area is 177 Å². The van der Waals surface area contributed by atoms with E-state index < -0.39 is 0 Å². The third-order valence-electron chi connectivity index (χ3n) is 5.29. The summed E-state index contributed by atoms with van der Waals surface area (Å²) in [6.45, 7) is 6.23. The Hall–Kier alpha value is -2.00. The molecule has 1 N–H and O–H groups in total. The molecule has 0 aliphatic rings. The molecule has 2 rings (SSSR count). The summed E-state index contributed by atoms with van der Waals surface area (Å²) in [6, 6.07) is 17.4. The molecule has 160 valence electrons. The molecule has 0 aliphatic heterocycles. The lowest BCUT2D eigenvalue weighted by Crippen LogP contribution is -2.31. The molecule has 0 spiro atoms. The fraction of sp³-hybridized carbons (Fsp3) is 0.538. The van der Waals surface area contributed by atoms with Crippen LogP contribution in [0.2, 0.25) is 0 Å². The third-order valence-corrected chi connectivity index (χ3v) is 5.29. The van der Waals surface area contributed by atoms with E-state index in [0.717, 1.165) is 30.9 Å². The zero-order chi connectivity index (χ0) is 20.7. The molecule has 0 fully saturated rings. The monoisotopic (exact) mass is 397 g/mol. The highest BCUT2D eigenvalue weighted by Crippen LogP contribution is 2.29. The number of methoxy groups -OCH3 is 1.